The fourth-order valence-electron chi connectivity index (χ4n) is 1.95. The maximum absolute atomic E-state index is 4.17. The minimum atomic E-state index is 0.178. The van der Waals surface area contributed by atoms with E-state index in [1.165, 1.54) is 11.1 Å². The summed E-state index contributed by atoms with van der Waals surface area (Å²) < 4.78 is 0. The molecule has 0 radical (unpaired) electrons. The Morgan fingerprint density at radius 3 is 2.53 bits per heavy atom. The lowest BCUT2D eigenvalue weighted by atomic mass is 10.00. The van der Waals surface area contributed by atoms with Gasteiger partial charge in [-0.3, -0.25) is 4.98 Å². The summed E-state index contributed by atoms with van der Waals surface area (Å²) in [6.45, 7) is 0. The first-order valence-electron chi connectivity index (χ1n) is 5.70. The van der Waals surface area contributed by atoms with E-state index in [-0.39, 0.29) is 6.04 Å². The van der Waals surface area contributed by atoms with Gasteiger partial charge in [0.05, 0.1) is 6.04 Å². The minimum Gasteiger partial charge on any atom is -0.388 e. The molecule has 0 aliphatic heterocycles. The Balaban J connectivity index is 2.35. The molecule has 88 valence electrons. The highest BCUT2D eigenvalue weighted by Crippen LogP contribution is 2.23. The smallest absolute Gasteiger partial charge is 0.0590 e. The van der Waals surface area contributed by atoms with Gasteiger partial charge in [-0.2, -0.15) is 0 Å². The lowest BCUT2D eigenvalue weighted by molar-refractivity contribution is 0.689. The third-order valence-electron chi connectivity index (χ3n) is 2.82. The van der Waals surface area contributed by atoms with Crippen LogP contribution in [0.5, 0.6) is 0 Å². The van der Waals surface area contributed by atoms with Crippen molar-refractivity contribution >= 4 is 5.69 Å². The van der Waals surface area contributed by atoms with Crippen LogP contribution in [-0.2, 0) is 0 Å². The van der Waals surface area contributed by atoms with E-state index in [0.29, 0.717) is 0 Å². The quantitative estimate of drug-likeness (QED) is 0.842. The Hall–Kier alpha value is -1.87. The van der Waals surface area contributed by atoms with Crippen molar-refractivity contribution in [2.45, 2.75) is 6.04 Å². The molecule has 2 N–H and O–H groups in total. The molecule has 1 aromatic heterocycles. The number of aromatic nitrogens is 1. The standard InChI is InChI=1S/C14H17N3/c1-15-13-7-3-5-11(9-13)14(16-2)12-6-4-8-17-10-12/h3-10,14-16H,1-2H3. The summed E-state index contributed by atoms with van der Waals surface area (Å²) in [5.41, 5.74) is 3.52. The highest BCUT2D eigenvalue weighted by molar-refractivity contribution is 5.47. The summed E-state index contributed by atoms with van der Waals surface area (Å²) in [4.78, 5) is 4.17. The molecular formula is C14H17N3. The second-order valence-corrected chi connectivity index (χ2v) is 3.88. The zero-order valence-electron chi connectivity index (χ0n) is 10.1. The van der Waals surface area contributed by atoms with Crippen LogP contribution in [0.4, 0.5) is 5.69 Å². The summed E-state index contributed by atoms with van der Waals surface area (Å²) in [5.74, 6) is 0. The van der Waals surface area contributed by atoms with Gasteiger partial charge in [-0.15, -0.1) is 0 Å². The average molecular weight is 227 g/mol. The van der Waals surface area contributed by atoms with Crippen molar-refractivity contribution in [3.8, 4) is 0 Å². The van der Waals surface area contributed by atoms with Gasteiger partial charge in [-0.05, 0) is 36.4 Å². The predicted octanol–water partition coefficient (Wildman–Crippen LogP) is 2.43. The molecule has 0 bridgehead atoms. The van der Waals surface area contributed by atoms with Crippen LogP contribution in [-0.4, -0.2) is 19.1 Å². The van der Waals surface area contributed by atoms with Crippen LogP contribution >= 0.6 is 0 Å². The van der Waals surface area contributed by atoms with E-state index in [2.05, 4.69) is 45.9 Å². The van der Waals surface area contributed by atoms with Gasteiger partial charge in [-0.25, -0.2) is 0 Å². The van der Waals surface area contributed by atoms with E-state index in [9.17, 15) is 0 Å². The number of hydrogen-bond acceptors (Lipinski definition) is 3. The molecule has 0 aliphatic rings. The molecule has 3 heteroatoms. The number of benzene rings is 1. The van der Waals surface area contributed by atoms with Gasteiger partial charge in [0.1, 0.15) is 0 Å². The topological polar surface area (TPSA) is 37.0 Å². The van der Waals surface area contributed by atoms with Crippen molar-refractivity contribution in [1.82, 2.24) is 10.3 Å². The highest BCUT2D eigenvalue weighted by Gasteiger charge is 2.11. The molecule has 0 saturated carbocycles. The number of nitrogens with zero attached hydrogens (tertiary/aromatic N) is 1. The van der Waals surface area contributed by atoms with Gasteiger partial charge in [0, 0.05) is 25.1 Å². The van der Waals surface area contributed by atoms with Gasteiger partial charge in [0.2, 0.25) is 0 Å². The largest absolute Gasteiger partial charge is 0.388 e. The molecule has 0 saturated heterocycles. The molecule has 2 aromatic rings. The fourth-order valence-corrected chi connectivity index (χ4v) is 1.95. The zero-order chi connectivity index (χ0) is 12.1. The van der Waals surface area contributed by atoms with Crippen molar-refractivity contribution in [2.24, 2.45) is 0 Å². The van der Waals surface area contributed by atoms with E-state index < -0.39 is 0 Å². The summed E-state index contributed by atoms with van der Waals surface area (Å²) in [6, 6.07) is 12.6. The third-order valence-corrected chi connectivity index (χ3v) is 2.82. The van der Waals surface area contributed by atoms with Crippen molar-refractivity contribution in [2.75, 3.05) is 19.4 Å². The molecule has 0 aliphatic carbocycles. The summed E-state index contributed by atoms with van der Waals surface area (Å²) >= 11 is 0. The Kier molecular flexibility index (Phi) is 3.73. The second kappa shape index (κ2) is 5.46. The van der Waals surface area contributed by atoms with E-state index in [0.717, 1.165) is 5.69 Å². The molecule has 0 fully saturated rings. The normalized spacial score (nSPS) is 12.1. The second-order valence-electron chi connectivity index (χ2n) is 3.88. The van der Waals surface area contributed by atoms with Gasteiger partial charge in [-0.1, -0.05) is 18.2 Å². The first-order chi connectivity index (χ1) is 8.35. The maximum atomic E-state index is 4.17. The van der Waals surface area contributed by atoms with E-state index in [1.54, 1.807) is 6.20 Å². The molecular weight excluding hydrogens is 210 g/mol. The van der Waals surface area contributed by atoms with Crippen LogP contribution in [0.25, 0.3) is 0 Å². The number of nitrogens with one attached hydrogen (secondary N) is 2. The van der Waals surface area contributed by atoms with Crippen LogP contribution in [0.3, 0.4) is 0 Å². The molecule has 1 aromatic carbocycles. The summed E-state index contributed by atoms with van der Waals surface area (Å²) in [6.07, 6.45) is 3.69. The first-order valence-corrected chi connectivity index (χ1v) is 5.70. The van der Waals surface area contributed by atoms with Crippen molar-refractivity contribution < 1.29 is 0 Å². The van der Waals surface area contributed by atoms with Crippen LogP contribution in [0.15, 0.2) is 48.8 Å². The van der Waals surface area contributed by atoms with E-state index >= 15 is 0 Å². The van der Waals surface area contributed by atoms with E-state index in [1.807, 2.05) is 26.4 Å². The molecule has 0 amide bonds. The number of rotatable bonds is 4. The van der Waals surface area contributed by atoms with Gasteiger partial charge in [0.25, 0.3) is 0 Å². The van der Waals surface area contributed by atoms with Crippen LogP contribution in [0.2, 0.25) is 0 Å². The fraction of sp³-hybridized carbons (Fsp3) is 0.214. The Morgan fingerprint density at radius 2 is 1.88 bits per heavy atom. The lowest BCUT2D eigenvalue weighted by Crippen LogP contribution is -2.17. The monoisotopic (exact) mass is 227 g/mol. The summed E-state index contributed by atoms with van der Waals surface area (Å²) in [5, 5.41) is 6.47. The van der Waals surface area contributed by atoms with Gasteiger partial charge in [0.15, 0.2) is 0 Å². The van der Waals surface area contributed by atoms with E-state index in [4.69, 9.17) is 0 Å². The molecule has 0 spiro atoms. The van der Waals surface area contributed by atoms with Crippen LogP contribution in [0, 0.1) is 0 Å². The average Bonchev–Trinajstić information content (AvgIpc) is 2.41. The van der Waals surface area contributed by atoms with Crippen LogP contribution < -0.4 is 10.6 Å². The predicted molar refractivity (Wildman–Crippen MR) is 71.1 cm³/mol. The van der Waals surface area contributed by atoms with Crippen molar-refractivity contribution in [3.63, 3.8) is 0 Å². The maximum Gasteiger partial charge on any atom is 0.0590 e. The number of pyridine rings is 1. The minimum absolute atomic E-state index is 0.178. The van der Waals surface area contributed by atoms with Gasteiger partial charge < -0.3 is 10.6 Å². The molecule has 1 unspecified atom stereocenters. The van der Waals surface area contributed by atoms with Crippen LogP contribution in [0.1, 0.15) is 17.2 Å². The molecule has 1 atom stereocenters. The molecule has 1 heterocycles. The first kappa shape index (κ1) is 11.6. The molecule has 17 heavy (non-hydrogen) atoms. The zero-order valence-corrected chi connectivity index (χ0v) is 10.1. The Bertz CT molecular complexity index is 468. The number of anilines is 1. The molecule has 2 rings (SSSR count). The Labute approximate surface area is 102 Å². The highest BCUT2D eigenvalue weighted by atomic mass is 14.9. The molecule has 3 nitrogen and oxygen atoms in total. The SMILES string of the molecule is CNc1cccc(C(NC)c2cccnc2)c1. The summed E-state index contributed by atoms with van der Waals surface area (Å²) in [7, 11) is 3.89. The lowest BCUT2D eigenvalue weighted by Gasteiger charge is -2.17. The van der Waals surface area contributed by atoms with Crippen molar-refractivity contribution in [3.05, 3.63) is 59.9 Å². The Morgan fingerprint density at radius 1 is 1.06 bits per heavy atom. The van der Waals surface area contributed by atoms with Gasteiger partial charge >= 0.3 is 0 Å². The van der Waals surface area contributed by atoms with Crippen molar-refractivity contribution in [1.29, 1.82) is 0 Å². The number of hydrogen-bond donors (Lipinski definition) is 2. The third kappa shape index (κ3) is 2.63.